The van der Waals surface area contributed by atoms with Gasteiger partial charge in [0.1, 0.15) is 0 Å². The summed E-state index contributed by atoms with van der Waals surface area (Å²) in [6.07, 6.45) is 4.70. The summed E-state index contributed by atoms with van der Waals surface area (Å²) in [5.74, 6) is 1.88. The summed E-state index contributed by atoms with van der Waals surface area (Å²) in [4.78, 5) is 14.9. The number of hydrogen-bond donors (Lipinski definition) is 2. The number of aromatic nitrogens is 3. The standard InChI is InChI=1S/C11H20N6S/c1-12-8-14-9(16-10(15-8)17(2)3)13-7-11(18-4)5-6-11/h5-7H2,1-4H3,(H2,12,13,14,15,16). The van der Waals surface area contributed by atoms with Crippen molar-refractivity contribution in [3.63, 3.8) is 0 Å². The third-order valence-electron chi connectivity index (χ3n) is 3.06. The summed E-state index contributed by atoms with van der Waals surface area (Å²) in [7, 11) is 5.65. The molecule has 0 radical (unpaired) electrons. The van der Waals surface area contributed by atoms with Gasteiger partial charge in [0.25, 0.3) is 0 Å². The highest BCUT2D eigenvalue weighted by molar-refractivity contribution is 8.00. The van der Waals surface area contributed by atoms with Crippen LogP contribution in [0.4, 0.5) is 17.8 Å². The van der Waals surface area contributed by atoms with E-state index in [0.29, 0.717) is 22.6 Å². The van der Waals surface area contributed by atoms with Crippen molar-refractivity contribution >= 4 is 29.6 Å². The molecule has 0 atom stereocenters. The number of rotatable bonds is 6. The quantitative estimate of drug-likeness (QED) is 0.805. The molecule has 0 bridgehead atoms. The van der Waals surface area contributed by atoms with Gasteiger partial charge in [-0.05, 0) is 19.1 Å². The lowest BCUT2D eigenvalue weighted by Gasteiger charge is -2.15. The van der Waals surface area contributed by atoms with E-state index >= 15 is 0 Å². The second-order valence-corrected chi connectivity index (χ2v) is 5.94. The van der Waals surface area contributed by atoms with E-state index in [9.17, 15) is 0 Å². The van der Waals surface area contributed by atoms with Gasteiger partial charge in [0, 0.05) is 32.4 Å². The molecule has 100 valence electrons. The number of nitrogens with one attached hydrogen (secondary N) is 2. The molecule has 0 aliphatic heterocycles. The predicted molar refractivity (Wildman–Crippen MR) is 77.7 cm³/mol. The molecule has 0 aromatic carbocycles. The minimum absolute atomic E-state index is 0.394. The van der Waals surface area contributed by atoms with Crippen LogP contribution in [0.2, 0.25) is 0 Å². The maximum atomic E-state index is 4.39. The van der Waals surface area contributed by atoms with Gasteiger partial charge >= 0.3 is 0 Å². The molecule has 1 saturated carbocycles. The maximum Gasteiger partial charge on any atom is 0.231 e. The Kier molecular flexibility index (Phi) is 3.79. The monoisotopic (exact) mass is 268 g/mol. The van der Waals surface area contributed by atoms with E-state index in [2.05, 4.69) is 31.8 Å². The van der Waals surface area contributed by atoms with Crippen LogP contribution in [0.15, 0.2) is 0 Å². The first-order valence-corrected chi connectivity index (χ1v) is 7.21. The fraction of sp³-hybridized carbons (Fsp3) is 0.727. The Morgan fingerprint density at radius 1 is 1.22 bits per heavy atom. The fourth-order valence-electron chi connectivity index (χ4n) is 1.59. The Morgan fingerprint density at radius 3 is 2.39 bits per heavy atom. The molecule has 18 heavy (non-hydrogen) atoms. The molecule has 7 heteroatoms. The van der Waals surface area contributed by atoms with Gasteiger partial charge in [-0.3, -0.25) is 0 Å². The summed E-state index contributed by atoms with van der Waals surface area (Å²) >= 11 is 1.92. The first-order chi connectivity index (χ1) is 8.58. The fourth-order valence-corrected chi connectivity index (χ4v) is 2.32. The SMILES string of the molecule is CNc1nc(NCC2(SC)CC2)nc(N(C)C)n1. The van der Waals surface area contributed by atoms with Crippen LogP contribution in [-0.4, -0.2) is 53.6 Å². The van der Waals surface area contributed by atoms with Gasteiger partial charge in [-0.15, -0.1) is 0 Å². The van der Waals surface area contributed by atoms with Gasteiger partial charge in [0.05, 0.1) is 0 Å². The first kappa shape index (κ1) is 13.2. The minimum Gasteiger partial charge on any atom is -0.357 e. The molecule has 2 rings (SSSR count). The van der Waals surface area contributed by atoms with Crippen molar-refractivity contribution in [1.29, 1.82) is 0 Å². The van der Waals surface area contributed by atoms with E-state index in [1.54, 1.807) is 0 Å². The predicted octanol–water partition coefficient (Wildman–Crippen LogP) is 1.29. The topological polar surface area (TPSA) is 66.0 Å². The van der Waals surface area contributed by atoms with Crippen molar-refractivity contribution in [3.05, 3.63) is 0 Å². The molecule has 1 aromatic heterocycles. The largest absolute Gasteiger partial charge is 0.357 e. The summed E-state index contributed by atoms with van der Waals surface area (Å²) in [5, 5.41) is 6.27. The Balaban J connectivity index is 2.09. The summed E-state index contributed by atoms with van der Waals surface area (Å²) in [6.45, 7) is 0.911. The summed E-state index contributed by atoms with van der Waals surface area (Å²) in [6, 6.07) is 0. The van der Waals surface area contributed by atoms with E-state index in [-0.39, 0.29) is 0 Å². The molecule has 1 aliphatic rings. The van der Waals surface area contributed by atoms with Crippen LogP contribution in [0.3, 0.4) is 0 Å². The van der Waals surface area contributed by atoms with Crippen LogP contribution in [0.1, 0.15) is 12.8 Å². The van der Waals surface area contributed by atoms with E-state index in [1.807, 2.05) is 37.8 Å². The van der Waals surface area contributed by atoms with Crippen molar-refractivity contribution < 1.29 is 0 Å². The van der Waals surface area contributed by atoms with Gasteiger partial charge in [0.2, 0.25) is 17.8 Å². The Morgan fingerprint density at radius 2 is 1.89 bits per heavy atom. The third kappa shape index (κ3) is 2.95. The van der Waals surface area contributed by atoms with E-state index < -0.39 is 0 Å². The molecule has 1 aromatic rings. The van der Waals surface area contributed by atoms with Crippen molar-refractivity contribution in [3.8, 4) is 0 Å². The zero-order valence-corrected chi connectivity index (χ0v) is 12.1. The highest BCUT2D eigenvalue weighted by Gasteiger charge is 2.41. The van der Waals surface area contributed by atoms with Crippen LogP contribution >= 0.6 is 11.8 Å². The summed E-state index contributed by atoms with van der Waals surface area (Å²) < 4.78 is 0.394. The van der Waals surface area contributed by atoms with Crippen molar-refractivity contribution in [2.45, 2.75) is 17.6 Å². The molecule has 1 fully saturated rings. The summed E-state index contributed by atoms with van der Waals surface area (Å²) in [5.41, 5.74) is 0. The van der Waals surface area contributed by atoms with Crippen LogP contribution in [-0.2, 0) is 0 Å². The number of thioether (sulfide) groups is 1. The Labute approximate surface area is 112 Å². The van der Waals surface area contributed by atoms with Crippen LogP contribution in [0.5, 0.6) is 0 Å². The van der Waals surface area contributed by atoms with Crippen LogP contribution in [0.25, 0.3) is 0 Å². The highest BCUT2D eigenvalue weighted by Crippen LogP contribution is 2.46. The van der Waals surface area contributed by atoms with Gasteiger partial charge in [-0.25, -0.2) is 0 Å². The Bertz CT molecular complexity index is 418. The average Bonchev–Trinajstić information content (AvgIpc) is 3.16. The lowest BCUT2D eigenvalue weighted by atomic mass is 10.4. The lowest BCUT2D eigenvalue weighted by molar-refractivity contribution is 0.903. The zero-order chi connectivity index (χ0) is 13.2. The van der Waals surface area contributed by atoms with E-state index in [1.165, 1.54) is 12.8 Å². The molecule has 2 N–H and O–H groups in total. The maximum absolute atomic E-state index is 4.39. The molecule has 1 heterocycles. The second kappa shape index (κ2) is 5.17. The lowest BCUT2D eigenvalue weighted by Crippen LogP contribution is -2.21. The first-order valence-electron chi connectivity index (χ1n) is 5.99. The van der Waals surface area contributed by atoms with Crippen molar-refractivity contribution in [2.75, 3.05) is 49.5 Å². The molecule has 0 amide bonds. The minimum atomic E-state index is 0.394. The molecule has 1 aliphatic carbocycles. The van der Waals surface area contributed by atoms with Crippen molar-refractivity contribution in [1.82, 2.24) is 15.0 Å². The third-order valence-corrected chi connectivity index (χ3v) is 4.48. The molecular weight excluding hydrogens is 248 g/mol. The number of hydrogen-bond acceptors (Lipinski definition) is 7. The normalized spacial score (nSPS) is 16.2. The van der Waals surface area contributed by atoms with Gasteiger partial charge in [-0.1, -0.05) is 0 Å². The molecule has 0 spiro atoms. The van der Waals surface area contributed by atoms with Gasteiger partial charge in [-0.2, -0.15) is 26.7 Å². The van der Waals surface area contributed by atoms with Crippen LogP contribution in [0, 0.1) is 0 Å². The van der Waals surface area contributed by atoms with Gasteiger partial charge in [0.15, 0.2) is 0 Å². The highest BCUT2D eigenvalue weighted by atomic mass is 32.2. The van der Waals surface area contributed by atoms with E-state index in [4.69, 9.17) is 0 Å². The molecule has 6 nitrogen and oxygen atoms in total. The second-order valence-electron chi connectivity index (χ2n) is 4.67. The molecule has 0 unspecified atom stereocenters. The molecule has 0 saturated heterocycles. The Hall–Kier alpha value is -1.24. The van der Waals surface area contributed by atoms with E-state index in [0.717, 1.165) is 6.54 Å². The van der Waals surface area contributed by atoms with Crippen molar-refractivity contribution in [2.24, 2.45) is 0 Å². The smallest absolute Gasteiger partial charge is 0.231 e. The number of nitrogens with zero attached hydrogens (tertiary/aromatic N) is 4. The zero-order valence-electron chi connectivity index (χ0n) is 11.3. The van der Waals surface area contributed by atoms with Gasteiger partial charge < -0.3 is 15.5 Å². The number of anilines is 3. The van der Waals surface area contributed by atoms with Crippen LogP contribution < -0.4 is 15.5 Å². The average molecular weight is 268 g/mol. The molecular formula is C11H20N6S.